The number of rotatable bonds is 4. The lowest BCUT2D eigenvalue weighted by molar-refractivity contribution is -0.136. The average molecular weight is 445 g/mol. The van der Waals surface area contributed by atoms with E-state index in [2.05, 4.69) is 15.6 Å². The van der Waals surface area contributed by atoms with Crippen molar-refractivity contribution in [3.8, 4) is 5.69 Å². The molecule has 4 rings (SSSR count). The van der Waals surface area contributed by atoms with Gasteiger partial charge in [0.2, 0.25) is 0 Å². The summed E-state index contributed by atoms with van der Waals surface area (Å²) in [5.41, 5.74) is 1.32. The lowest BCUT2D eigenvalue weighted by Gasteiger charge is -2.29. The van der Waals surface area contributed by atoms with Crippen LogP contribution in [0.15, 0.2) is 42.5 Å². The lowest BCUT2D eigenvalue weighted by atomic mass is 10.1. The molecule has 0 atom stereocenters. The number of aryl methyl sites for hydroxylation is 1. The molecule has 0 spiro atoms. The van der Waals surface area contributed by atoms with E-state index in [1.54, 1.807) is 13.0 Å². The summed E-state index contributed by atoms with van der Waals surface area (Å²) in [5.74, 6) is -0.759. The van der Waals surface area contributed by atoms with Gasteiger partial charge in [-0.2, -0.15) is 13.2 Å². The van der Waals surface area contributed by atoms with Gasteiger partial charge in [-0.1, -0.05) is 22.9 Å². The third-order valence-corrected chi connectivity index (χ3v) is 5.32. The number of hydrogen-bond acceptors (Lipinski definition) is 5. The molecule has 32 heavy (non-hydrogen) atoms. The number of carbonyl (C=O) groups is 1. The largest absolute Gasteiger partial charge is 0.418 e. The summed E-state index contributed by atoms with van der Waals surface area (Å²) in [4.78, 5) is 14.6. The predicted molar refractivity (Wildman–Crippen MR) is 113 cm³/mol. The van der Waals surface area contributed by atoms with Crippen LogP contribution in [-0.4, -0.2) is 47.2 Å². The van der Waals surface area contributed by atoms with Crippen molar-refractivity contribution in [2.45, 2.75) is 20.0 Å². The molecule has 1 saturated heterocycles. The first-order valence-corrected chi connectivity index (χ1v) is 10.1. The van der Waals surface area contributed by atoms with E-state index < -0.39 is 17.6 Å². The monoisotopic (exact) mass is 445 g/mol. The Balaban J connectivity index is 1.61. The summed E-state index contributed by atoms with van der Waals surface area (Å²) in [6.07, 6.45) is -4.64. The normalized spacial score (nSPS) is 14.5. The number of morpholine rings is 1. The SMILES string of the molecule is Cc1ccc(-n2nnc(C(=O)Nc3ccc(N4CCOCC4)cc3C(F)(F)F)c2C)cc1. The van der Waals surface area contributed by atoms with Gasteiger partial charge in [0.25, 0.3) is 5.91 Å². The summed E-state index contributed by atoms with van der Waals surface area (Å²) in [6.45, 7) is 5.50. The highest BCUT2D eigenvalue weighted by Crippen LogP contribution is 2.37. The van der Waals surface area contributed by atoms with Crippen molar-refractivity contribution in [1.82, 2.24) is 15.0 Å². The highest BCUT2D eigenvalue weighted by Gasteiger charge is 2.35. The third-order valence-electron chi connectivity index (χ3n) is 5.32. The zero-order valence-electron chi connectivity index (χ0n) is 17.6. The molecule has 2 heterocycles. The van der Waals surface area contributed by atoms with Crippen LogP contribution in [0.1, 0.15) is 27.3 Å². The predicted octanol–water partition coefficient (Wildman–Crippen LogP) is 3.99. The van der Waals surface area contributed by atoms with Gasteiger partial charge in [-0.3, -0.25) is 4.79 Å². The maximum Gasteiger partial charge on any atom is 0.418 e. The molecule has 0 radical (unpaired) electrons. The van der Waals surface area contributed by atoms with E-state index in [1.807, 2.05) is 36.1 Å². The molecule has 3 aromatic rings. The average Bonchev–Trinajstić information content (AvgIpc) is 3.16. The molecule has 0 aliphatic carbocycles. The molecule has 10 heteroatoms. The number of alkyl halides is 3. The van der Waals surface area contributed by atoms with Crippen LogP contribution >= 0.6 is 0 Å². The van der Waals surface area contributed by atoms with Crippen molar-refractivity contribution in [2.24, 2.45) is 0 Å². The minimum atomic E-state index is -4.64. The second-order valence-electron chi connectivity index (χ2n) is 7.55. The number of benzene rings is 2. The van der Waals surface area contributed by atoms with Crippen molar-refractivity contribution >= 4 is 17.3 Å². The maximum atomic E-state index is 13.8. The standard InChI is InChI=1S/C22H22F3N5O2/c1-14-3-5-16(6-4-14)30-15(2)20(27-28-30)21(31)26-19-8-7-17(13-18(19)22(23,24)25)29-9-11-32-12-10-29/h3-8,13H,9-12H2,1-2H3,(H,26,31). The lowest BCUT2D eigenvalue weighted by Crippen LogP contribution is -2.36. The van der Waals surface area contributed by atoms with E-state index >= 15 is 0 Å². The zero-order valence-corrected chi connectivity index (χ0v) is 17.6. The van der Waals surface area contributed by atoms with Crippen LogP contribution in [0.2, 0.25) is 0 Å². The second-order valence-corrected chi connectivity index (χ2v) is 7.55. The molecule has 2 aromatic carbocycles. The number of nitrogens with zero attached hydrogens (tertiary/aromatic N) is 4. The van der Waals surface area contributed by atoms with Crippen LogP contribution in [0.5, 0.6) is 0 Å². The Morgan fingerprint density at radius 3 is 2.34 bits per heavy atom. The van der Waals surface area contributed by atoms with E-state index in [-0.39, 0.29) is 11.4 Å². The molecule has 7 nitrogen and oxygen atoms in total. The van der Waals surface area contributed by atoms with Crippen molar-refractivity contribution in [3.63, 3.8) is 0 Å². The molecule has 1 amide bonds. The van der Waals surface area contributed by atoms with Gasteiger partial charge in [0.15, 0.2) is 5.69 Å². The first-order valence-electron chi connectivity index (χ1n) is 10.1. The number of amides is 1. The van der Waals surface area contributed by atoms with Crippen LogP contribution in [0.25, 0.3) is 5.69 Å². The number of halogens is 3. The fraction of sp³-hybridized carbons (Fsp3) is 0.318. The van der Waals surface area contributed by atoms with Gasteiger partial charge in [-0.15, -0.1) is 5.10 Å². The molecule has 1 aliphatic rings. The summed E-state index contributed by atoms with van der Waals surface area (Å²) < 4.78 is 48.0. The summed E-state index contributed by atoms with van der Waals surface area (Å²) in [7, 11) is 0. The number of anilines is 2. The van der Waals surface area contributed by atoms with E-state index in [0.29, 0.717) is 43.4 Å². The molecule has 0 bridgehead atoms. The fourth-order valence-corrected chi connectivity index (χ4v) is 3.55. The number of aromatic nitrogens is 3. The van der Waals surface area contributed by atoms with Crippen LogP contribution < -0.4 is 10.2 Å². The highest BCUT2D eigenvalue weighted by atomic mass is 19.4. The summed E-state index contributed by atoms with van der Waals surface area (Å²) >= 11 is 0. The van der Waals surface area contributed by atoms with Crippen LogP contribution in [0.4, 0.5) is 24.5 Å². The third kappa shape index (κ3) is 4.45. The van der Waals surface area contributed by atoms with E-state index in [9.17, 15) is 18.0 Å². The first kappa shape index (κ1) is 21.8. The topological polar surface area (TPSA) is 72.3 Å². The molecule has 1 aromatic heterocycles. The van der Waals surface area contributed by atoms with Crippen molar-refractivity contribution < 1.29 is 22.7 Å². The molecular weight excluding hydrogens is 423 g/mol. The van der Waals surface area contributed by atoms with Crippen molar-refractivity contribution in [2.75, 3.05) is 36.5 Å². The van der Waals surface area contributed by atoms with E-state index in [4.69, 9.17) is 4.74 Å². The quantitative estimate of drug-likeness (QED) is 0.658. The maximum absolute atomic E-state index is 13.8. The van der Waals surface area contributed by atoms with Crippen LogP contribution in [0, 0.1) is 13.8 Å². The molecule has 0 saturated carbocycles. The Kier molecular flexibility index (Phi) is 5.88. The van der Waals surface area contributed by atoms with Gasteiger partial charge in [0.1, 0.15) is 0 Å². The molecule has 0 unspecified atom stereocenters. The number of nitrogens with one attached hydrogen (secondary N) is 1. The minimum absolute atomic E-state index is 0.0454. The van der Waals surface area contributed by atoms with Gasteiger partial charge in [0, 0.05) is 18.8 Å². The Hall–Kier alpha value is -3.40. The summed E-state index contributed by atoms with van der Waals surface area (Å²) in [5, 5.41) is 10.2. The number of ether oxygens (including phenoxy) is 1. The second kappa shape index (κ2) is 8.62. The molecular formula is C22H22F3N5O2. The van der Waals surface area contributed by atoms with Gasteiger partial charge >= 0.3 is 6.18 Å². The Morgan fingerprint density at radius 2 is 1.69 bits per heavy atom. The van der Waals surface area contributed by atoms with Gasteiger partial charge in [-0.05, 0) is 44.2 Å². The molecule has 1 aliphatic heterocycles. The Bertz CT molecular complexity index is 1120. The van der Waals surface area contributed by atoms with Crippen LogP contribution in [-0.2, 0) is 10.9 Å². The van der Waals surface area contributed by atoms with Crippen LogP contribution in [0.3, 0.4) is 0 Å². The van der Waals surface area contributed by atoms with Gasteiger partial charge in [-0.25, -0.2) is 4.68 Å². The smallest absolute Gasteiger partial charge is 0.378 e. The number of hydrogen-bond donors (Lipinski definition) is 1. The molecule has 1 fully saturated rings. The van der Waals surface area contributed by atoms with Crippen molar-refractivity contribution in [3.05, 3.63) is 65.0 Å². The van der Waals surface area contributed by atoms with Gasteiger partial charge < -0.3 is 15.0 Å². The molecule has 1 N–H and O–H groups in total. The fourth-order valence-electron chi connectivity index (χ4n) is 3.55. The minimum Gasteiger partial charge on any atom is -0.378 e. The highest BCUT2D eigenvalue weighted by molar-refractivity contribution is 6.04. The van der Waals surface area contributed by atoms with Gasteiger partial charge in [0.05, 0.1) is 35.8 Å². The summed E-state index contributed by atoms with van der Waals surface area (Å²) in [6, 6.07) is 11.3. The Labute approximate surface area is 182 Å². The first-order chi connectivity index (χ1) is 15.2. The van der Waals surface area contributed by atoms with Crippen molar-refractivity contribution in [1.29, 1.82) is 0 Å². The van der Waals surface area contributed by atoms with E-state index in [0.717, 1.165) is 11.6 Å². The zero-order chi connectivity index (χ0) is 22.9. The van der Waals surface area contributed by atoms with E-state index in [1.165, 1.54) is 10.7 Å². The molecule has 168 valence electrons. The Morgan fingerprint density at radius 1 is 1.03 bits per heavy atom. The number of carbonyl (C=O) groups excluding carboxylic acids is 1.